The highest BCUT2D eigenvalue weighted by molar-refractivity contribution is 6.01. The van der Waals surface area contributed by atoms with E-state index in [4.69, 9.17) is 0 Å². The molecule has 1 aromatic rings. The number of amides is 5. The fourth-order valence-corrected chi connectivity index (χ4v) is 1.80. The Morgan fingerprint density at radius 2 is 1.95 bits per heavy atom. The van der Waals surface area contributed by atoms with Crippen LogP contribution in [0.5, 0.6) is 0 Å². The monoisotopic (exact) mass is 276 g/mol. The van der Waals surface area contributed by atoms with Crippen molar-refractivity contribution in [2.45, 2.75) is 6.54 Å². The van der Waals surface area contributed by atoms with Gasteiger partial charge in [0.05, 0.1) is 6.54 Å². The van der Waals surface area contributed by atoms with Gasteiger partial charge in [0.15, 0.2) is 0 Å². The van der Waals surface area contributed by atoms with E-state index in [0.29, 0.717) is 6.54 Å². The molecule has 1 aliphatic heterocycles. The number of hydrogen-bond acceptors (Lipinski definition) is 3. The fraction of sp³-hybridized carbons (Fsp3) is 0.308. The number of urea groups is 2. The quantitative estimate of drug-likeness (QED) is 0.663. The molecule has 0 aromatic heterocycles. The zero-order valence-corrected chi connectivity index (χ0v) is 10.9. The highest BCUT2D eigenvalue weighted by atomic mass is 16.2. The van der Waals surface area contributed by atoms with Crippen LogP contribution in [0.15, 0.2) is 30.3 Å². The summed E-state index contributed by atoms with van der Waals surface area (Å²) in [6.45, 7) is 0.845. The lowest BCUT2D eigenvalue weighted by Crippen LogP contribution is -2.42. The van der Waals surface area contributed by atoms with Crippen molar-refractivity contribution in [2.75, 3.05) is 19.6 Å². The van der Waals surface area contributed by atoms with Gasteiger partial charge in [0, 0.05) is 19.6 Å². The lowest BCUT2D eigenvalue weighted by molar-refractivity contribution is -0.124. The van der Waals surface area contributed by atoms with E-state index in [0.717, 1.165) is 10.5 Å². The average Bonchev–Trinajstić information content (AvgIpc) is 2.78. The Labute approximate surface area is 116 Å². The maximum atomic E-state index is 11.5. The van der Waals surface area contributed by atoms with Gasteiger partial charge in [0.1, 0.15) is 0 Å². The second-order valence-corrected chi connectivity index (χ2v) is 4.30. The summed E-state index contributed by atoms with van der Waals surface area (Å²) in [6, 6.07) is 8.77. The molecule has 7 nitrogen and oxygen atoms in total. The van der Waals surface area contributed by atoms with Gasteiger partial charge in [0.2, 0.25) is 5.91 Å². The molecule has 0 saturated carbocycles. The average molecular weight is 276 g/mol. The van der Waals surface area contributed by atoms with E-state index in [2.05, 4.69) is 16.0 Å². The van der Waals surface area contributed by atoms with E-state index >= 15 is 0 Å². The first-order valence-corrected chi connectivity index (χ1v) is 6.30. The van der Waals surface area contributed by atoms with Crippen LogP contribution in [0, 0.1) is 0 Å². The Hall–Kier alpha value is -2.57. The van der Waals surface area contributed by atoms with Gasteiger partial charge < -0.3 is 16.0 Å². The number of benzene rings is 1. The smallest absolute Gasteiger partial charge is 0.324 e. The molecule has 0 radical (unpaired) electrons. The van der Waals surface area contributed by atoms with Gasteiger partial charge in [-0.25, -0.2) is 9.59 Å². The summed E-state index contributed by atoms with van der Waals surface area (Å²) >= 11 is 0. The van der Waals surface area contributed by atoms with Crippen LogP contribution >= 0.6 is 0 Å². The largest absolute Gasteiger partial charge is 0.336 e. The fourth-order valence-electron chi connectivity index (χ4n) is 1.80. The molecule has 1 saturated heterocycles. The standard InChI is InChI=1S/C13H16N4O3/c18-11-9-16-13(20)17(11)7-6-14-12(19)15-8-10-4-2-1-3-5-10/h1-5H,6-9H2,(H,16,20)(H2,14,15,19). The summed E-state index contributed by atoms with van der Waals surface area (Å²) in [6.07, 6.45) is 0. The van der Waals surface area contributed by atoms with E-state index in [1.165, 1.54) is 0 Å². The van der Waals surface area contributed by atoms with E-state index in [-0.39, 0.29) is 31.6 Å². The zero-order valence-electron chi connectivity index (χ0n) is 10.9. The molecule has 0 aliphatic carbocycles. The Balaban J connectivity index is 1.65. The minimum absolute atomic E-state index is 0.0268. The SMILES string of the molecule is O=C(NCCN1C(=O)CNC1=O)NCc1ccccc1. The lowest BCUT2D eigenvalue weighted by atomic mass is 10.2. The van der Waals surface area contributed by atoms with Gasteiger partial charge in [0.25, 0.3) is 0 Å². The van der Waals surface area contributed by atoms with Gasteiger partial charge >= 0.3 is 12.1 Å². The lowest BCUT2D eigenvalue weighted by Gasteiger charge is -2.13. The van der Waals surface area contributed by atoms with Gasteiger partial charge in [-0.05, 0) is 5.56 Å². The molecule has 5 amide bonds. The second-order valence-electron chi connectivity index (χ2n) is 4.30. The van der Waals surface area contributed by atoms with Crippen molar-refractivity contribution in [3.63, 3.8) is 0 Å². The summed E-state index contributed by atoms with van der Waals surface area (Å²) in [7, 11) is 0. The molecular formula is C13H16N4O3. The third-order valence-electron chi connectivity index (χ3n) is 2.85. The van der Waals surface area contributed by atoms with E-state index < -0.39 is 6.03 Å². The minimum atomic E-state index is -0.415. The molecule has 2 rings (SSSR count). The van der Waals surface area contributed by atoms with Crippen LogP contribution in [-0.4, -0.2) is 42.5 Å². The molecule has 7 heteroatoms. The summed E-state index contributed by atoms with van der Waals surface area (Å²) < 4.78 is 0. The Bertz CT molecular complexity index is 488. The van der Waals surface area contributed by atoms with Crippen molar-refractivity contribution >= 4 is 18.0 Å². The number of carbonyl (C=O) groups excluding carboxylic acids is 3. The molecule has 0 spiro atoms. The van der Waals surface area contributed by atoms with Crippen LogP contribution in [0.1, 0.15) is 5.56 Å². The number of hydrogen-bond donors (Lipinski definition) is 3. The molecule has 106 valence electrons. The summed E-state index contributed by atoms with van der Waals surface area (Å²) in [5.74, 6) is -0.276. The molecule has 3 N–H and O–H groups in total. The first kappa shape index (κ1) is 13.9. The molecule has 0 bridgehead atoms. The predicted octanol–water partition coefficient (Wildman–Crippen LogP) is 0.0376. The van der Waals surface area contributed by atoms with E-state index in [1.54, 1.807) is 0 Å². The first-order chi connectivity index (χ1) is 9.66. The molecular weight excluding hydrogens is 260 g/mol. The van der Waals surface area contributed by atoms with Crippen molar-refractivity contribution in [2.24, 2.45) is 0 Å². The highest BCUT2D eigenvalue weighted by Crippen LogP contribution is 1.98. The third-order valence-corrected chi connectivity index (χ3v) is 2.85. The molecule has 1 aliphatic rings. The number of carbonyl (C=O) groups is 3. The number of nitrogens with one attached hydrogen (secondary N) is 3. The number of nitrogens with zero attached hydrogens (tertiary/aromatic N) is 1. The topological polar surface area (TPSA) is 90.5 Å². The molecule has 0 unspecified atom stereocenters. The summed E-state index contributed by atoms with van der Waals surface area (Å²) in [5, 5.41) is 7.70. The highest BCUT2D eigenvalue weighted by Gasteiger charge is 2.27. The van der Waals surface area contributed by atoms with Crippen LogP contribution in [0.3, 0.4) is 0 Å². The number of rotatable bonds is 5. The van der Waals surface area contributed by atoms with Crippen molar-refractivity contribution in [1.29, 1.82) is 0 Å². The van der Waals surface area contributed by atoms with Crippen LogP contribution in [-0.2, 0) is 11.3 Å². The van der Waals surface area contributed by atoms with Gasteiger partial charge in [-0.1, -0.05) is 30.3 Å². The maximum absolute atomic E-state index is 11.5. The Kier molecular flexibility index (Phi) is 4.54. The van der Waals surface area contributed by atoms with Crippen LogP contribution in [0.2, 0.25) is 0 Å². The first-order valence-electron chi connectivity index (χ1n) is 6.30. The Morgan fingerprint density at radius 3 is 2.60 bits per heavy atom. The minimum Gasteiger partial charge on any atom is -0.336 e. The third kappa shape index (κ3) is 3.71. The van der Waals surface area contributed by atoms with E-state index in [9.17, 15) is 14.4 Å². The van der Waals surface area contributed by atoms with Crippen LogP contribution < -0.4 is 16.0 Å². The maximum Gasteiger partial charge on any atom is 0.324 e. The molecule has 1 heterocycles. The van der Waals surface area contributed by atoms with Gasteiger partial charge in [-0.3, -0.25) is 9.69 Å². The Morgan fingerprint density at radius 1 is 1.20 bits per heavy atom. The molecule has 0 atom stereocenters. The summed E-state index contributed by atoms with van der Waals surface area (Å²) in [5.41, 5.74) is 0.997. The zero-order chi connectivity index (χ0) is 14.4. The second kappa shape index (κ2) is 6.55. The van der Waals surface area contributed by atoms with Crippen LogP contribution in [0.25, 0.3) is 0 Å². The van der Waals surface area contributed by atoms with Crippen molar-refractivity contribution in [3.05, 3.63) is 35.9 Å². The van der Waals surface area contributed by atoms with Gasteiger partial charge in [-0.15, -0.1) is 0 Å². The predicted molar refractivity (Wildman–Crippen MR) is 71.8 cm³/mol. The van der Waals surface area contributed by atoms with Crippen molar-refractivity contribution < 1.29 is 14.4 Å². The molecule has 1 aromatic carbocycles. The summed E-state index contributed by atoms with van der Waals surface area (Å²) in [4.78, 5) is 35.1. The molecule has 1 fully saturated rings. The molecule has 20 heavy (non-hydrogen) atoms. The van der Waals surface area contributed by atoms with Crippen LogP contribution in [0.4, 0.5) is 9.59 Å². The van der Waals surface area contributed by atoms with Gasteiger partial charge in [-0.2, -0.15) is 0 Å². The number of imide groups is 1. The van der Waals surface area contributed by atoms with Crippen molar-refractivity contribution in [3.8, 4) is 0 Å². The van der Waals surface area contributed by atoms with Crippen molar-refractivity contribution in [1.82, 2.24) is 20.9 Å². The normalized spacial score (nSPS) is 14.1. The van der Waals surface area contributed by atoms with E-state index in [1.807, 2.05) is 30.3 Å².